The van der Waals surface area contributed by atoms with Gasteiger partial charge in [0.2, 0.25) is 0 Å². The quantitative estimate of drug-likeness (QED) is 0.526. The van der Waals surface area contributed by atoms with Crippen LogP contribution in [0.4, 0.5) is 0 Å². The number of rotatable bonds is 6. The molecule has 6 nitrogen and oxygen atoms in total. The van der Waals surface area contributed by atoms with E-state index in [9.17, 15) is 4.79 Å². The zero-order valence-electron chi connectivity index (χ0n) is 14.5. The van der Waals surface area contributed by atoms with Crippen molar-refractivity contribution >= 4 is 28.6 Å². The van der Waals surface area contributed by atoms with Crippen LogP contribution < -0.4 is 5.32 Å². The first-order chi connectivity index (χ1) is 13.2. The zero-order valence-corrected chi connectivity index (χ0v) is 16.1. The number of thiazole rings is 1. The lowest BCUT2D eigenvalue weighted by Gasteiger charge is -2.16. The molecule has 4 aromatic heterocycles. The third-order valence-electron chi connectivity index (χ3n) is 4.07. The van der Waals surface area contributed by atoms with Crippen molar-refractivity contribution in [1.29, 1.82) is 0 Å². The summed E-state index contributed by atoms with van der Waals surface area (Å²) in [4.78, 5) is 22.8. The molecule has 0 saturated heterocycles. The van der Waals surface area contributed by atoms with Crippen LogP contribution in [0.5, 0.6) is 0 Å². The van der Waals surface area contributed by atoms with E-state index in [-0.39, 0.29) is 11.9 Å². The van der Waals surface area contributed by atoms with E-state index in [2.05, 4.69) is 26.5 Å². The van der Waals surface area contributed by atoms with Crippen LogP contribution in [0.25, 0.3) is 11.3 Å². The Morgan fingerprint density at radius 2 is 2.15 bits per heavy atom. The van der Waals surface area contributed by atoms with Gasteiger partial charge in [0, 0.05) is 40.8 Å². The Hall–Kier alpha value is -2.84. The average Bonchev–Trinajstić information content (AvgIpc) is 3.44. The highest BCUT2D eigenvalue weighted by Crippen LogP contribution is 2.27. The number of carbonyl (C=O) groups is 1. The molecule has 0 aliphatic rings. The molecule has 136 valence electrons. The third kappa shape index (κ3) is 3.81. The molecule has 4 heterocycles. The van der Waals surface area contributed by atoms with E-state index in [1.807, 2.05) is 22.9 Å². The first-order valence-electron chi connectivity index (χ1n) is 8.31. The molecule has 4 rings (SSSR count). The van der Waals surface area contributed by atoms with Gasteiger partial charge in [0.15, 0.2) is 0 Å². The number of pyridine rings is 1. The molecule has 0 radical (unpaired) electrons. The first kappa shape index (κ1) is 17.6. The minimum Gasteiger partial charge on any atom is -0.360 e. The molecular weight excluding hydrogens is 380 g/mol. The van der Waals surface area contributed by atoms with Crippen LogP contribution in [0.15, 0.2) is 58.1 Å². The number of aryl methyl sites for hydroxylation is 1. The molecule has 0 aliphatic carbocycles. The Labute approximate surface area is 163 Å². The monoisotopic (exact) mass is 396 g/mol. The number of hydrogen-bond acceptors (Lipinski definition) is 7. The van der Waals surface area contributed by atoms with Crippen LogP contribution in [0.2, 0.25) is 0 Å². The van der Waals surface area contributed by atoms with E-state index in [1.54, 1.807) is 42.9 Å². The fraction of sp³-hybridized carbons (Fsp3) is 0.158. The number of nitrogens with zero attached hydrogens (tertiary/aromatic N) is 3. The summed E-state index contributed by atoms with van der Waals surface area (Å²) in [5.41, 5.74) is 1.66. The first-order valence-corrected chi connectivity index (χ1v) is 10.1. The molecule has 0 spiro atoms. The zero-order chi connectivity index (χ0) is 18.6. The van der Waals surface area contributed by atoms with Gasteiger partial charge in [-0.2, -0.15) is 0 Å². The Bertz CT molecular complexity index is 1010. The van der Waals surface area contributed by atoms with Gasteiger partial charge in [-0.05, 0) is 30.5 Å². The van der Waals surface area contributed by atoms with Crippen LogP contribution in [0.3, 0.4) is 0 Å². The van der Waals surface area contributed by atoms with Crippen molar-refractivity contribution in [1.82, 2.24) is 20.4 Å². The SMILES string of the molecule is Cc1onc(-c2cccnc2)c1C(=O)N[C@@H](Cc1cccs1)c1nccs1. The van der Waals surface area contributed by atoms with Crippen LogP contribution in [-0.2, 0) is 6.42 Å². The van der Waals surface area contributed by atoms with Crippen molar-refractivity contribution in [2.24, 2.45) is 0 Å². The Balaban J connectivity index is 1.63. The Kier molecular flexibility index (Phi) is 5.08. The summed E-state index contributed by atoms with van der Waals surface area (Å²) >= 11 is 3.19. The van der Waals surface area contributed by atoms with E-state index in [0.29, 0.717) is 23.4 Å². The van der Waals surface area contributed by atoms with E-state index >= 15 is 0 Å². The van der Waals surface area contributed by atoms with Gasteiger partial charge in [0.25, 0.3) is 5.91 Å². The normalized spacial score (nSPS) is 12.0. The van der Waals surface area contributed by atoms with Crippen molar-refractivity contribution in [3.63, 3.8) is 0 Å². The van der Waals surface area contributed by atoms with E-state index < -0.39 is 0 Å². The minimum absolute atomic E-state index is 0.216. The number of carbonyl (C=O) groups excluding carboxylic acids is 1. The van der Waals surface area contributed by atoms with Gasteiger partial charge < -0.3 is 9.84 Å². The molecule has 4 aromatic rings. The molecule has 1 amide bonds. The maximum Gasteiger partial charge on any atom is 0.257 e. The molecule has 0 fully saturated rings. The maximum absolute atomic E-state index is 13.1. The highest BCUT2D eigenvalue weighted by molar-refractivity contribution is 7.10. The molecule has 0 unspecified atom stereocenters. The van der Waals surface area contributed by atoms with Gasteiger partial charge in [0.05, 0.1) is 6.04 Å². The molecule has 1 atom stereocenters. The van der Waals surface area contributed by atoms with Crippen molar-refractivity contribution < 1.29 is 9.32 Å². The van der Waals surface area contributed by atoms with Gasteiger partial charge in [-0.15, -0.1) is 22.7 Å². The second-order valence-electron chi connectivity index (χ2n) is 5.88. The highest BCUT2D eigenvalue weighted by Gasteiger charge is 2.25. The molecular formula is C19H16N4O2S2. The fourth-order valence-electron chi connectivity index (χ4n) is 2.81. The molecule has 8 heteroatoms. The molecule has 27 heavy (non-hydrogen) atoms. The van der Waals surface area contributed by atoms with Gasteiger partial charge >= 0.3 is 0 Å². The molecule has 0 aromatic carbocycles. The lowest BCUT2D eigenvalue weighted by atomic mass is 10.1. The molecule has 0 saturated carbocycles. The predicted molar refractivity (Wildman–Crippen MR) is 105 cm³/mol. The summed E-state index contributed by atoms with van der Waals surface area (Å²) in [6, 6.07) is 7.50. The van der Waals surface area contributed by atoms with E-state index in [1.165, 1.54) is 16.2 Å². The molecule has 1 N–H and O–H groups in total. The van der Waals surface area contributed by atoms with Crippen LogP contribution in [-0.4, -0.2) is 21.0 Å². The number of nitrogens with one attached hydrogen (secondary N) is 1. The predicted octanol–water partition coefficient (Wildman–Crippen LogP) is 4.28. The van der Waals surface area contributed by atoms with E-state index in [0.717, 1.165) is 10.6 Å². The number of amides is 1. The van der Waals surface area contributed by atoms with Crippen molar-refractivity contribution in [3.8, 4) is 11.3 Å². The van der Waals surface area contributed by atoms with Gasteiger partial charge in [-0.1, -0.05) is 11.2 Å². The van der Waals surface area contributed by atoms with Gasteiger partial charge in [-0.3, -0.25) is 9.78 Å². The molecule has 0 bridgehead atoms. The summed E-state index contributed by atoms with van der Waals surface area (Å²) in [5.74, 6) is 0.240. The van der Waals surface area contributed by atoms with Crippen LogP contribution in [0, 0.1) is 6.92 Å². The summed E-state index contributed by atoms with van der Waals surface area (Å²) in [6.45, 7) is 1.74. The lowest BCUT2D eigenvalue weighted by Crippen LogP contribution is -2.30. The number of thiophene rings is 1. The fourth-order valence-corrected chi connectivity index (χ4v) is 4.25. The van der Waals surface area contributed by atoms with Gasteiger partial charge in [0.1, 0.15) is 22.0 Å². The van der Waals surface area contributed by atoms with Crippen molar-refractivity contribution in [3.05, 3.63) is 74.8 Å². The Morgan fingerprint density at radius 1 is 1.22 bits per heavy atom. The van der Waals surface area contributed by atoms with Crippen molar-refractivity contribution in [2.45, 2.75) is 19.4 Å². The average molecular weight is 396 g/mol. The van der Waals surface area contributed by atoms with Crippen LogP contribution >= 0.6 is 22.7 Å². The summed E-state index contributed by atoms with van der Waals surface area (Å²) in [6.07, 6.45) is 5.77. The third-order valence-corrected chi connectivity index (χ3v) is 5.85. The maximum atomic E-state index is 13.1. The summed E-state index contributed by atoms with van der Waals surface area (Å²) in [5, 5.41) is 12.0. The van der Waals surface area contributed by atoms with Gasteiger partial charge in [-0.25, -0.2) is 4.98 Å². The van der Waals surface area contributed by atoms with Crippen LogP contribution in [0.1, 0.15) is 32.0 Å². The lowest BCUT2D eigenvalue weighted by molar-refractivity contribution is 0.0935. The number of aromatic nitrogens is 3. The second kappa shape index (κ2) is 7.81. The number of hydrogen-bond donors (Lipinski definition) is 1. The summed E-state index contributed by atoms with van der Waals surface area (Å²) < 4.78 is 5.30. The second-order valence-corrected chi connectivity index (χ2v) is 7.84. The smallest absolute Gasteiger partial charge is 0.257 e. The van der Waals surface area contributed by atoms with E-state index in [4.69, 9.17) is 4.52 Å². The molecule has 0 aliphatic heterocycles. The largest absolute Gasteiger partial charge is 0.360 e. The summed E-state index contributed by atoms with van der Waals surface area (Å²) in [7, 11) is 0. The Morgan fingerprint density at radius 3 is 2.85 bits per heavy atom. The standard InChI is InChI=1S/C19H16N4O2S2/c1-12-16(17(23-25-12)13-4-2-6-20-11-13)18(24)22-15(19-21-7-9-27-19)10-14-5-3-8-26-14/h2-9,11,15H,10H2,1H3,(H,22,24)/t15-/m0/s1. The minimum atomic E-state index is -0.232. The van der Waals surface area contributed by atoms with Crippen molar-refractivity contribution in [2.75, 3.05) is 0 Å². The topological polar surface area (TPSA) is 80.9 Å². The highest BCUT2D eigenvalue weighted by atomic mass is 32.1.